The number of methoxy groups -OCH3 is 1. The van der Waals surface area contributed by atoms with Crippen LogP contribution < -0.4 is 14.8 Å². The van der Waals surface area contributed by atoms with Crippen molar-refractivity contribution in [2.45, 2.75) is 33.1 Å². The van der Waals surface area contributed by atoms with Crippen LogP contribution in [0.3, 0.4) is 0 Å². The number of hydrogen-bond acceptors (Lipinski definition) is 8. The first kappa shape index (κ1) is 23.5. The lowest BCUT2D eigenvalue weighted by molar-refractivity contribution is -0.385. The van der Waals surface area contributed by atoms with E-state index in [0.717, 1.165) is 29.3 Å². The van der Waals surface area contributed by atoms with Gasteiger partial charge in [0.25, 0.3) is 11.6 Å². The number of furan rings is 1. The zero-order chi connectivity index (χ0) is 24.4. The van der Waals surface area contributed by atoms with Crippen molar-refractivity contribution in [3.8, 4) is 11.5 Å². The molecule has 1 aliphatic rings. The first-order chi connectivity index (χ1) is 16.3. The van der Waals surface area contributed by atoms with E-state index in [1.165, 1.54) is 30.8 Å². The van der Waals surface area contributed by atoms with Crippen LogP contribution in [0.5, 0.6) is 11.5 Å². The van der Waals surface area contributed by atoms with Crippen molar-refractivity contribution < 1.29 is 28.4 Å². The number of nitrogens with one attached hydrogen (secondary N) is 1. The molecule has 0 saturated heterocycles. The Labute approximate surface area is 199 Å². The smallest absolute Gasteiger partial charge is 0.286 e. The van der Waals surface area contributed by atoms with Gasteiger partial charge in [0.2, 0.25) is 5.78 Å². The number of anilines is 1. The Hall–Kier alpha value is -3.66. The predicted octanol–water partition coefficient (Wildman–Crippen LogP) is 5.26. The summed E-state index contributed by atoms with van der Waals surface area (Å²) in [7, 11) is 1.37. The Morgan fingerprint density at radius 3 is 2.76 bits per heavy atom. The summed E-state index contributed by atoms with van der Waals surface area (Å²) in [5, 5.41) is 14.8. The molecule has 10 heteroatoms. The number of nitrogens with zero attached hydrogens (tertiary/aromatic N) is 1. The minimum atomic E-state index is -0.713. The number of carbonyl (C=O) groups is 2. The number of rotatable bonds is 8. The molecule has 0 bridgehead atoms. The zero-order valence-corrected chi connectivity index (χ0v) is 19.8. The van der Waals surface area contributed by atoms with E-state index in [-0.39, 0.29) is 35.2 Å². The molecule has 2 heterocycles. The number of carbonyl (C=O) groups excluding carboxylic acids is 2. The fourth-order valence-electron chi connectivity index (χ4n) is 4.09. The summed E-state index contributed by atoms with van der Waals surface area (Å²) >= 11 is 1.33. The lowest BCUT2D eigenvalue weighted by Crippen LogP contribution is -2.17. The molecular formula is C24H24N2O7S. The van der Waals surface area contributed by atoms with Crippen molar-refractivity contribution in [2.75, 3.05) is 19.0 Å². The number of nitro benzene ring substituents is 1. The van der Waals surface area contributed by atoms with Crippen LogP contribution in [0.4, 0.5) is 10.7 Å². The van der Waals surface area contributed by atoms with Gasteiger partial charge in [0.1, 0.15) is 10.6 Å². The van der Waals surface area contributed by atoms with Gasteiger partial charge in [-0.25, -0.2) is 0 Å². The fraction of sp³-hybridized carbons (Fsp3) is 0.333. The third kappa shape index (κ3) is 4.41. The third-order valence-corrected chi connectivity index (χ3v) is 6.90. The second-order valence-corrected chi connectivity index (χ2v) is 9.13. The highest BCUT2D eigenvalue weighted by molar-refractivity contribution is 7.17. The molecule has 1 atom stereocenters. The largest absolute Gasteiger partial charge is 0.493 e. The number of ketones is 1. The van der Waals surface area contributed by atoms with Crippen molar-refractivity contribution in [3.63, 3.8) is 0 Å². The molecule has 0 spiro atoms. The number of ether oxygens (including phenoxy) is 2. The standard InChI is InChI=1S/C24H24N2O7S/c1-4-32-19-11-15(16(26(29)30)12-18(19)31-3)23(28)25-24-21(22(27)17-6-5-9-33-17)14-8-7-13(2)10-20(14)34-24/h5-6,9,11-13H,4,7-8,10H2,1-3H3,(H,25,28). The molecule has 0 radical (unpaired) electrons. The van der Waals surface area contributed by atoms with Crippen LogP contribution in [0, 0.1) is 16.0 Å². The first-order valence-electron chi connectivity index (χ1n) is 10.9. The molecule has 3 aromatic rings. The van der Waals surface area contributed by atoms with Crippen LogP contribution in [-0.4, -0.2) is 30.3 Å². The molecule has 0 saturated carbocycles. The average Bonchev–Trinajstić information content (AvgIpc) is 3.46. The fourth-order valence-corrected chi connectivity index (χ4v) is 5.49. The predicted molar refractivity (Wildman–Crippen MR) is 126 cm³/mol. The van der Waals surface area contributed by atoms with Crippen molar-refractivity contribution in [3.05, 3.63) is 68.0 Å². The van der Waals surface area contributed by atoms with E-state index in [2.05, 4.69) is 12.2 Å². The molecule has 0 fully saturated rings. The minimum Gasteiger partial charge on any atom is -0.493 e. The normalized spacial score (nSPS) is 14.9. The van der Waals surface area contributed by atoms with Gasteiger partial charge in [0.05, 0.1) is 36.5 Å². The Morgan fingerprint density at radius 2 is 2.12 bits per heavy atom. The van der Waals surface area contributed by atoms with Crippen molar-refractivity contribution in [2.24, 2.45) is 5.92 Å². The second kappa shape index (κ2) is 9.68. The summed E-state index contributed by atoms with van der Waals surface area (Å²) < 4.78 is 16.0. The maximum atomic E-state index is 13.3. The van der Waals surface area contributed by atoms with E-state index in [1.807, 2.05) is 0 Å². The van der Waals surface area contributed by atoms with Gasteiger partial charge in [-0.05, 0) is 49.8 Å². The Kier molecular flexibility index (Phi) is 6.69. The quantitative estimate of drug-likeness (QED) is 0.263. The molecule has 178 valence electrons. The molecule has 1 unspecified atom stereocenters. The highest BCUT2D eigenvalue weighted by Gasteiger charge is 2.31. The van der Waals surface area contributed by atoms with Crippen molar-refractivity contribution >= 4 is 33.7 Å². The number of hydrogen-bond donors (Lipinski definition) is 1. The van der Waals surface area contributed by atoms with Crippen LogP contribution >= 0.6 is 11.3 Å². The molecule has 2 aromatic heterocycles. The summed E-state index contributed by atoms with van der Waals surface area (Å²) in [5.41, 5.74) is 0.674. The summed E-state index contributed by atoms with van der Waals surface area (Å²) in [6, 6.07) is 5.66. The van der Waals surface area contributed by atoms with Gasteiger partial charge in [-0.3, -0.25) is 19.7 Å². The van der Waals surface area contributed by atoms with Crippen LogP contribution in [0.25, 0.3) is 0 Å². The zero-order valence-electron chi connectivity index (χ0n) is 19.0. The Balaban J connectivity index is 1.77. The van der Waals surface area contributed by atoms with Gasteiger partial charge >= 0.3 is 0 Å². The summed E-state index contributed by atoms with van der Waals surface area (Å²) in [6.07, 6.45) is 3.85. The van der Waals surface area contributed by atoms with E-state index in [9.17, 15) is 19.7 Å². The van der Waals surface area contributed by atoms with Gasteiger partial charge in [-0.1, -0.05) is 6.92 Å². The summed E-state index contributed by atoms with van der Waals surface area (Å²) in [6.45, 7) is 4.18. The Bertz CT molecular complexity index is 1250. The number of fused-ring (bicyclic) bond motifs is 1. The monoisotopic (exact) mass is 484 g/mol. The summed E-state index contributed by atoms with van der Waals surface area (Å²) in [5.74, 6) is -0.0465. The van der Waals surface area contributed by atoms with Gasteiger partial charge in [-0.15, -0.1) is 11.3 Å². The van der Waals surface area contributed by atoms with E-state index in [4.69, 9.17) is 13.9 Å². The molecule has 4 rings (SSSR count). The summed E-state index contributed by atoms with van der Waals surface area (Å²) in [4.78, 5) is 38.7. The van der Waals surface area contributed by atoms with Crippen LogP contribution in [0.15, 0.2) is 34.9 Å². The highest BCUT2D eigenvalue weighted by atomic mass is 32.1. The van der Waals surface area contributed by atoms with Crippen molar-refractivity contribution in [1.29, 1.82) is 0 Å². The number of amides is 1. The average molecular weight is 485 g/mol. The topological polar surface area (TPSA) is 121 Å². The molecule has 1 aliphatic carbocycles. The lowest BCUT2D eigenvalue weighted by atomic mass is 9.87. The van der Waals surface area contributed by atoms with E-state index >= 15 is 0 Å². The SMILES string of the molecule is CCOc1cc(C(=O)Nc2sc3c(c2C(=O)c2ccco2)CCC(C)C3)c([N+](=O)[O-])cc1OC. The molecular weight excluding hydrogens is 460 g/mol. The van der Waals surface area contributed by atoms with Crippen molar-refractivity contribution in [1.82, 2.24) is 0 Å². The molecule has 0 aliphatic heterocycles. The number of thiophene rings is 1. The second-order valence-electron chi connectivity index (χ2n) is 8.03. The number of benzene rings is 1. The number of nitro groups is 1. The maximum Gasteiger partial charge on any atom is 0.286 e. The first-order valence-corrected chi connectivity index (χ1v) is 11.7. The van der Waals surface area contributed by atoms with Gasteiger partial charge in [0.15, 0.2) is 17.3 Å². The van der Waals surface area contributed by atoms with Gasteiger partial charge in [0, 0.05) is 10.9 Å². The molecule has 34 heavy (non-hydrogen) atoms. The lowest BCUT2D eigenvalue weighted by Gasteiger charge is -2.18. The molecule has 1 N–H and O–H groups in total. The highest BCUT2D eigenvalue weighted by Crippen LogP contribution is 2.42. The van der Waals surface area contributed by atoms with Gasteiger partial charge in [-0.2, -0.15) is 0 Å². The maximum absolute atomic E-state index is 13.3. The molecule has 9 nitrogen and oxygen atoms in total. The van der Waals surface area contributed by atoms with Crippen LogP contribution in [0.2, 0.25) is 0 Å². The van der Waals surface area contributed by atoms with E-state index in [0.29, 0.717) is 22.9 Å². The van der Waals surface area contributed by atoms with Crippen LogP contribution in [0.1, 0.15) is 57.2 Å². The van der Waals surface area contributed by atoms with E-state index < -0.39 is 16.5 Å². The molecule has 1 aromatic carbocycles. The third-order valence-electron chi connectivity index (χ3n) is 5.73. The van der Waals surface area contributed by atoms with Crippen LogP contribution in [-0.2, 0) is 12.8 Å². The van der Waals surface area contributed by atoms with Gasteiger partial charge < -0.3 is 19.2 Å². The Morgan fingerprint density at radius 1 is 1.32 bits per heavy atom. The molecule has 1 amide bonds. The van der Waals surface area contributed by atoms with E-state index in [1.54, 1.807) is 19.1 Å². The minimum absolute atomic E-state index is 0.152.